The number of rotatable bonds is 2. The standard InChI is InChI=1S/C15H9F2NOS/c16-10-5-9(6-11(17)7-10)13-8-20-15(18-13)12-3-1-2-4-14(12)19/h1-8,19H. The fraction of sp³-hybridized carbons (Fsp3) is 0. The van der Waals surface area contributed by atoms with Crippen LogP contribution in [0.1, 0.15) is 0 Å². The molecule has 1 aromatic heterocycles. The minimum absolute atomic E-state index is 0.124. The molecule has 0 atom stereocenters. The summed E-state index contributed by atoms with van der Waals surface area (Å²) >= 11 is 1.31. The van der Waals surface area contributed by atoms with Gasteiger partial charge in [-0.15, -0.1) is 11.3 Å². The Kier molecular flexibility index (Phi) is 3.20. The highest BCUT2D eigenvalue weighted by atomic mass is 32.1. The van der Waals surface area contributed by atoms with Crippen molar-refractivity contribution in [3.8, 4) is 27.6 Å². The maximum Gasteiger partial charge on any atom is 0.127 e. The number of aromatic hydroxyl groups is 1. The zero-order valence-electron chi connectivity index (χ0n) is 10.2. The van der Waals surface area contributed by atoms with Crippen LogP contribution < -0.4 is 0 Å². The van der Waals surface area contributed by atoms with Crippen LogP contribution >= 0.6 is 11.3 Å². The molecule has 20 heavy (non-hydrogen) atoms. The Balaban J connectivity index is 2.04. The molecule has 0 fully saturated rings. The first kappa shape index (κ1) is 12.7. The molecule has 3 rings (SSSR count). The van der Waals surface area contributed by atoms with Crippen molar-refractivity contribution in [2.24, 2.45) is 0 Å². The number of hydrogen-bond acceptors (Lipinski definition) is 3. The van der Waals surface area contributed by atoms with E-state index in [1.165, 1.54) is 23.5 Å². The molecule has 0 aliphatic heterocycles. The number of para-hydroxylation sites is 1. The number of phenolic OH excluding ortho intramolecular Hbond substituents is 1. The van der Waals surface area contributed by atoms with Crippen molar-refractivity contribution >= 4 is 11.3 Å². The van der Waals surface area contributed by atoms with Gasteiger partial charge in [0.15, 0.2) is 0 Å². The summed E-state index contributed by atoms with van der Waals surface area (Å²) in [6.07, 6.45) is 0. The van der Waals surface area contributed by atoms with Crippen LogP contribution in [0.3, 0.4) is 0 Å². The van der Waals surface area contributed by atoms with Gasteiger partial charge in [0.25, 0.3) is 0 Å². The predicted molar refractivity (Wildman–Crippen MR) is 74.6 cm³/mol. The summed E-state index contributed by atoms with van der Waals surface area (Å²) < 4.78 is 26.4. The Hall–Kier alpha value is -2.27. The van der Waals surface area contributed by atoms with Crippen molar-refractivity contribution in [3.05, 3.63) is 59.5 Å². The van der Waals surface area contributed by atoms with Gasteiger partial charge in [-0.1, -0.05) is 12.1 Å². The zero-order chi connectivity index (χ0) is 14.1. The number of phenols is 1. The number of halogens is 2. The van der Waals surface area contributed by atoms with Gasteiger partial charge in [-0.3, -0.25) is 0 Å². The van der Waals surface area contributed by atoms with E-state index >= 15 is 0 Å². The van der Waals surface area contributed by atoms with Crippen LogP contribution in [0.2, 0.25) is 0 Å². The molecule has 100 valence electrons. The van der Waals surface area contributed by atoms with Gasteiger partial charge in [-0.2, -0.15) is 0 Å². The summed E-state index contributed by atoms with van der Waals surface area (Å²) in [6.45, 7) is 0. The fourth-order valence-electron chi connectivity index (χ4n) is 1.89. The third kappa shape index (κ3) is 2.40. The third-order valence-electron chi connectivity index (χ3n) is 2.80. The topological polar surface area (TPSA) is 33.1 Å². The lowest BCUT2D eigenvalue weighted by Gasteiger charge is -2.00. The lowest BCUT2D eigenvalue weighted by Crippen LogP contribution is -1.85. The van der Waals surface area contributed by atoms with Gasteiger partial charge >= 0.3 is 0 Å². The molecule has 3 aromatic rings. The van der Waals surface area contributed by atoms with Crippen LogP contribution in [0, 0.1) is 11.6 Å². The minimum atomic E-state index is -0.642. The Morgan fingerprint density at radius 2 is 1.70 bits per heavy atom. The monoisotopic (exact) mass is 289 g/mol. The van der Waals surface area contributed by atoms with Crippen LogP contribution in [0.25, 0.3) is 21.8 Å². The molecule has 0 amide bonds. The van der Waals surface area contributed by atoms with E-state index in [9.17, 15) is 13.9 Å². The molecule has 0 saturated carbocycles. The number of nitrogens with zero attached hydrogens (tertiary/aromatic N) is 1. The largest absolute Gasteiger partial charge is 0.507 e. The molecule has 0 bridgehead atoms. The summed E-state index contributed by atoms with van der Waals surface area (Å²) in [5.74, 6) is -1.16. The zero-order valence-corrected chi connectivity index (χ0v) is 11.0. The smallest absolute Gasteiger partial charge is 0.127 e. The first-order valence-electron chi connectivity index (χ1n) is 5.84. The van der Waals surface area contributed by atoms with E-state index in [4.69, 9.17) is 0 Å². The van der Waals surface area contributed by atoms with Gasteiger partial charge in [-0.25, -0.2) is 13.8 Å². The summed E-state index contributed by atoms with van der Waals surface area (Å²) in [5, 5.41) is 12.1. The maximum atomic E-state index is 13.2. The molecular weight excluding hydrogens is 280 g/mol. The van der Waals surface area contributed by atoms with Crippen molar-refractivity contribution in [1.29, 1.82) is 0 Å². The molecule has 2 aromatic carbocycles. The number of benzene rings is 2. The van der Waals surface area contributed by atoms with E-state index in [0.29, 0.717) is 21.8 Å². The van der Waals surface area contributed by atoms with Crippen molar-refractivity contribution < 1.29 is 13.9 Å². The average molecular weight is 289 g/mol. The second-order valence-corrected chi connectivity index (χ2v) is 5.07. The SMILES string of the molecule is Oc1ccccc1-c1nc(-c2cc(F)cc(F)c2)cs1. The van der Waals surface area contributed by atoms with Crippen molar-refractivity contribution in [1.82, 2.24) is 4.98 Å². The highest BCUT2D eigenvalue weighted by Gasteiger charge is 2.11. The first-order valence-corrected chi connectivity index (χ1v) is 6.72. The Morgan fingerprint density at radius 1 is 1.00 bits per heavy atom. The highest BCUT2D eigenvalue weighted by Crippen LogP contribution is 2.34. The van der Waals surface area contributed by atoms with Crippen LogP contribution in [0.4, 0.5) is 8.78 Å². The van der Waals surface area contributed by atoms with Crippen LogP contribution in [-0.4, -0.2) is 10.1 Å². The van der Waals surface area contributed by atoms with Gasteiger partial charge < -0.3 is 5.11 Å². The van der Waals surface area contributed by atoms with E-state index < -0.39 is 11.6 Å². The average Bonchev–Trinajstić information content (AvgIpc) is 2.87. The van der Waals surface area contributed by atoms with Crippen molar-refractivity contribution in [2.75, 3.05) is 0 Å². The van der Waals surface area contributed by atoms with E-state index in [2.05, 4.69) is 4.98 Å². The Labute approximate surface area is 118 Å². The molecule has 0 unspecified atom stereocenters. The van der Waals surface area contributed by atoms with Crippen LogP contribution in [-0.2, 0) is 0 Å². The lowest BCUT2D eigenvalue weighted by molar-refractivity contribution is 0.477. The molecule has 0 aliphatic rings. The Bertz CT molecular complexity index is 750. The van der Waals surface area contributed by atoms with Crippen molar-refractivity contribution in [2.45, 2.75) is 0 Å². The highest BCUT2D eigenvalue weighted by molar-refractivity contribution is 7.13. The van der Waals surface area contributed by atoms with Gasteiger partial charge in [0.05, 0.1) is 11.3 Å². The molecule has 0 saturated heterocycles. The van der Waals surface area contributed by atoms with Crippen molar-refractivity contribution in [3.63, 3.8) is 0 Å². The number of hydrogen-bond donors (Lipinski definition) is 1. The third-order valence-corrected chi connectivity index (χ3v) is 3.67. The number of aromatic nitrogens is 1. The van der Waals surface area contributed by atoms with Crippen LogP contribution in [0.5, 0.6) is 5.75 Å². The molecule has 2 nitrogen and oxygen atoms in total. The van der Waals surface area contributed by atoms with E-state index in [1.807, 2.05) is 0 Å². The van der Waals surface area contributed by atoms with Gasteiger partial charge in [-0.05, 0) is 24.3 Å². The summed E-state index contributed by atoms with van der Waals surface area (Å²) in [5.41, 5.74) is 1.45. The normalized spacial score (nSPS) is 10.7. The Morgan fingerprint density at radius 3 is 2.40 bits per heavy atom. The van der Waals surface area contributed by atoms with Gasteiger partial charge in [0.1, 0.15) is 22.4 Å². The lowest BCUT2D eigenvalue weighted by atomic mass is 10.1. The maximum absolute atomic E-state index is 13.2. The summed E-state index contributed by atoms with van der Waals surface area (Å²) in [7, 11) is 0. The van der Waals surface area contributed by atoms with Crippen LogP contribution in [0.15, 0.2) is 47.8 Å². The second-order valence-electron chi connectivity index (χ2n) is 4.21. The first-order chi connectivity index (χ1) is 9.63. The molecule has 1 N–H and O–H groups in total. The molecule has 1 heterocycles. The van der Waals surface area contributed by atoms with Gasteiger partial charge in [0, 0.05) is 17.0 Å². The predicted octanol–water partition coefficient (Wildman–Crippen LogP) is 4.46. The fourth-order valence-corrected chi connectivity index (χ4v) is 2.75. The molecule has 5 heteroatoms. The van der Waals surface area contributed by atoms with E-state index in [0.717, 1.165) is 6.07 Å². The quantitative estimate of drug-likeness (QED) is 0.755. The van der Waals surface area contributed by atoms with E-state index in [1.54, 1.807) is 29.6 Å². The van der Waals surface area contributed by atoms with E-state index in [-0.39, 0.29) is 5.75 Å². The molecule has 0 spiro atoms. The summed E-state index contributed by atoms with van der Waals surface area (Å²) in [4.78, 5) is 4.32. The molecule has 0 radical (unpaired) electrons. The molecule has 0 aliphatic carbocycles. The minimum Gasteiger partial charge on any atom is -0.507 e. The summed E-state index contributed by atoms with van der Waals surface area (Å²) in [6, 6.07) is 10.1. The van der Waals surface area contributed by atoms with Gasteiger partial charge in [0.2, 0.25) is 0 Å². The second kappa shape index (κ2) is 5.02. The molecular formula is C15H9F2NOS. The number of thiazole rings is 1.